The molecule has 1 aromatic carbocycles. The Morgan fingerprint density at radius 3 is 2.64 bits per heavy atom. The summed E-state index contributed by atoms with van der Waals surface area (Å²) in [5, 5.41) is 10.3. The van der Waals surface area contributed by atoms with Crippen molar-refractivity contribution in [2.45, 2.75) is 18.8 Å². The fourth-order valence-electron chi connectivity index (χ4n) is 3.16. The van der Waals surface area contributed by atoms with E-state index < -0.39 is 0 Å². The van der Waals surface area contributed by atoms with Crippen molar-refractivity contribution in [2.24, 2.45) is 0 Å². The van der Waals surface area contributed by atoms with Gasteiger partial charge < -0.3 is 5.32 Å². The summed E-state index contributed by atoms with van der Waals surface area (Å²) in [4.78, 5) is 4.28. The number of nitrogens with zero attached hydrogens (tertiary/aromatic N) is 3. The predicted octanol–water partition coefficient (Wildman–Crippen LogP) is 3.54. The normalized spacial score (nSPS) is 16.2. The number of halogens is 1. The first-order valence-corrected chi connectivity index (χ1v) is 8.00. The van der Waals surface area contributed by atoms with E-state index in [0.717, 1.165) is 42.2 Å². The lowest BCUT2D eigenvalue weighted by atomic mass is 9.93. The van der Waals surface area contributed by atoms with Gasteiger partial charge in [-0.3, -0.25) is 4.98 Å². The van der Waals surface area contributed by atoms with E-state index in [9.17, 15) is 0 Å². The third-order valence-corrected chi connectivity index (χ3v) is 4.56. The fourth-order valence-corrected chi connectivity index (χ4v) is 3.29. The molecule has 2 aromatic heterocycles. The van der Waals surface area contributed by atoms with Crippen LogP contribution in [0.25, 0.3) is 16.6 Å². The lowest BCUT2D eigenvalue weighted by Gasteiger charge is -2.21. The SMILES string of the molecule is Clc1ccc(-n2nc(C3CCNCC3)c3ccncc32)cc1. The molecule has 0 bridgehead atoms. The summed E-state index contributed by atoms with van der Waals surface area (Å²) in [5.74, 6) is 0.514. The molecule has 1 saturated heterocycles. The smallest absolute Gasteiger partial charge is 0.0927 e. The van der Waals surface area contributed by atoms with Crippen LogP contribution in [0, 0.1) is 0 Å². The van der Waals surface area contributed by atoms with E-state index in [4.69, 9.17) is 16.7 Å². The van der Waals surface area contributed by atoms with E-state index >= 15 is 0 Å². The highest BCUT2D eigenvalue weighted by Gasteiger charge is 2.22. The van der Waals surface area contributed by atoms with Gasteiger partial charge >= 0.3 is 0 Å². The van der Waals surface area contributed by atoms with Gasteiger partial charge in [-0.2, -0.15) is 5.10 Å². The molecule has 5 heteroatoms. The Kier molecular flexibility index (Phi) is 3.56. The van der Waals surface area contributed by atoms with Crippen LogP contribution < -0.4 is 5.32 Å². The number of benzene rings is 1. The van der Waals surface area contributed by atoms with Gasteiger partial charge in [0, 0.05) is 22.5 Å². The largest absolute Gasteiger partial charge is 0.317 e. The molecular formula is C17H17ClN4. The molecule has 4 nitrogen and oxygen atoms in total. The zero-order valence-electron chi connectivity index (χ0n) is 12.2. The van der Waals surface area contributed by atoms with Crippen LogP contribution in [-0.2, 0) is 0 Å². The number of rotatable bonds is 2. The molecule has 0 saturated carbocycles. The van der Waals surface area contributed by atoms with Crippen molar-refractivity contribution >= 4 is 22.5 Å². The third-order valence-electron chi connectivity index (χ3n) is 4.31. The molecule has 1 fully saturated rings. The summed E-state index contributed by atoms with van der Waals surface area (Å²) in [5.41, 5.74) is 3.26. The summed E-state index contributed by atoms with van der Waals surface area (Å²) in [6, 6.07) is 9.85. The number of pyridine rings is 1. The number of piperidine rings is 1. The molecule has 0 aliphatic carbocycles. The van der Waals surface area contributed by atoms with Crippen molar-refractivity contribution in [1.82, 2.24) is 20.1 Å². The molecule has 3 heterocycles. The molecule has 112 valence electrons. The van der Waals surface area contributed by atoms with E-state index in [1.807, 2.05) is 41.3 Å². The van der Waals surface area contributed by atoms with Crippen molar-refractivity contribution in [2.75, 3.05) is 13.1 Å². The molecule has 0 spiro atoms. The number of hydrogen-bond donors (Lipinski definition) is 1. The predicted molar refractivity (Wildman–Crippen MR) is 88.7 cm³/mol. The van der Waals surface area contributed by atoms with Crippen LogP contribution in [0.2, 0.25) is 5.02 Å². The van der Waals surface area contributed by atoms with Crippen molar-refractivity contribution in [3.05, 3.63) is 53.4 Å². The minimum atomic E-state index is 0.514. The quantitative estimate of drug-likeness (QED) is 0.787. The summed E-state index contributed by atoms with van der Waals surface area (Å²) in [6.07, 6.45) is 6.01. The van der Waals surface area contributed by atoms with Crippen LogP contribution in [0.3, 0.4) is 0 Å². The molecule has 1 N–H and O–H groups in total. The highest BCUT2D eigenvalue weighted by atomic mass is 35.5. The van der Waals surface area contributed by atoms with Crippen molar-refractivity contribution in [3.63, 3.8) is 0 Å². The average Bonchev–Trinajstić information content (AvgIpc) is 2.96. The van der Waals surface area contributed by atoms with Gasteiger partial charge in [0.2, 0.25) is 0 Å². The first kappa shape index (κ1) is 13.7. The Morgan fingerprint density at radius 2 is 1.86 bits per heavy atom. The maximum atomic E-state index is 6.00. The number of aromatic nitrogens is 3. The zero-order valence-corrected chi connectivity index (χ0v) is 12.9. The molecule has 1 aliphatic heterocycles. The second-order valence-electron chi connectivity index (χ2n) is 5.69. The summed E-state index contributed by atoms with van der Waals surface area (Å²) < 4.78 is 1.98. The van der Waals surface area contributed by atoms with Crippen molar-refractivity contribution in [3.8, 4) is 5.69 Å². The number of hydrogen-bond acceptors (Lipinski definition) is 3. The molecule has 0 radical (unpaired) electrons. The lowest BCUT2D eigenvalue weighted by Crippen LogP contribution is -2.26. The minimum absolute atomic E-state index is 0.514. The van der Waals surface area contributed by atoms with Gasteiger partial charge in [-0.1, -0.05) is 11.6 Å². The van der Waals surface area contributed by atoms with Crippen LogP contribution in [-0.4, -0.2) is 27.9 Å². The van der Waals surface area contributed by atoms with E-state index in [2.05, 4.69) is 16.4 Å². The Bertz CT molecular complexity index is 788. The molecule has 3 aromatic rings. The Balaban J connectivity index is 1.86. The molecule has 1 aliphatic rings. The van der Waals surface area contributed by atoms with E-state index in [-0.39, 0.29) is 0 Å². The fraction of sp³-hybridized carbons (Fsp3) is 0.294. The summed E-state index contributed by atoms with van der Waals surface area (Å²) >= 11 is 6.00. The van der Waals surface area contributed by atoms with Crippen LogP contribution in [0.15, 0.2) is 42.7 Å². The van der Waals surface area contributed by atoms with Crippen LogP contribution >= 0.6 is 11.6 Å². The Hall–Kier alpha value is -1.91. The third kappa shape index (κ3) is 2.38. The van der Waals surface area contributed by atoms with Crippen molar-refractivity contribution < 1.29 is 0 Å². The highest BCUT2D eigenvalue weighted by Crippen LogP contribution is 2.31. The molecule has 0 unspecified atom stereocenters. The minimum Gasteiger partial charge on any atom is -0.317 e. The lowest BCUT2D eigenvalue weighted by molar-refractivity contribution is 0.453. The molecular weight excluding hydrogens is 296 g/mol. The number of fused-ring (bicyclic) bond motifs is 1. The van der Waals surface area contributed by atoms with Gasteiger partial charge in [-0.25, -0.2) is 4.68 Å². The molecule has 4 rings (SSSR count). The van der Waals surface area contributed by atoms with E-state index in [0.29, 0.717) is 5.92 Å². The summed E-state index contributed by atoms with van der Waals surface area (Å²) in [6.45, 7) is 2.12. The van der Waals surface area contributed by atoms with Crippen LogP contribution in [0.4, 0.5) is 0 Å². The van der Waals surface area contributed by atoms with E-state index in [1.165, 1.54) is 11.1 Å². The van der Waals surface area contributed by atoms with Crippen LogP contribution in [0.1, 0.15) is 24.5 Å². The van der Waals surface area contributed by atoms with E-state index in [1.54, 1.807) is 0 Å². The standard InChI is InChI=1S/C17H17ClN4/c18-13-1-3-14(4-2-13)22-16-11-20-10-7-15(16)17(21-22)12-5-8-19-9-6-12/h1-4,7,10-12,19H,5-6,8-9H2. The Labute approximate surface area is 134 Å². The van der Waals surface area contributed by atoms with Gasteiger partial charge in [0.1, 0.15) is 0 Å². The number of nitrogens with one attached hydrogen (secondary N) is 1. The van der Waals surface area contributed by atoms with Gasteiger partial charge in [0.05, 0.1) is 23.1 Å². The molecule has 0 atom stereocenters. The average molecular weight is 313 g/mol. The van der Waals surface area contributed by atoms with Gasteiger partial charge in [-0.05, 0) is 56.3 Å². The maximum absolute atomic E-state index is 6.00. The summed E-state index contributed by atoms with van der Waals surface area (Å²) in [7, 11) is 0. The second kappa shape index (κ2) is 5.71. The highest BCUT2D eigenvalue weighted by molar-refractivity contribution is 6.30. The van der Waals surface area contributed by atoms with Crippen molar-refractivity contribution in [1.29, 1.82) is 0 Å². The topological polar surface area (TPSA) is 42.7 Å². The Morgan fingerprint density at radius 1 is 1.09 bits per heavy atom. The monoisotopic (exact) mass is 312 g/mol. The molecule has 0 amide bonds. The molecule has 22 heavy (non-hydrogen) atoms. The first-order chi connectivity index (χ1) is 10.8. The van der Waals surface area contributed by atoms with Gasteiger partial charge in [-0.15, -0.1) is 0 Å². The zero-order chi connectivity index (χ0) is 14.9. The second-order valence-corrected chi connectivity index (χ2v) is 6.13. The van der Waals surface area contributed by atoms with Gasteiger partial charge in [0.15, 0.2) is 0 Å². The first-order valence-electron chi connectivity index (χ1n) is 7.62. The van der Waals surface area contributed by atoms with Gasteiger partial charge in [0.25, 0.3) is 0 Å². The maximum Gasteiger partial charge on any atom is 0.0927 e. The van der Waals surface area contributed by atoms with Crippen LogP contribution in [0.5, 0.6) is 0 Å².